The predicted molar refractivity (Wildman–Crippen MR) is 75.2 cm³/mol. The second-order valence-electron chi connectivity index (χ2n) is 5.05. The van der Waals surface area contributed by atoms with Crippen LogP contribution in [0.1, 0.15) is 40.0 Å². The Morgan fingerprint density at radius 2 is 2.12 bits per heavy atom. The summed E-state index contributed by atoms with van der Waals surface area (Å²) in [6, 6.07) is 0.0444. The Kier molecular flexibility index (Phi) is 6.34. The number of hydrogen-bond donors (Lipinski definition) is 1. The molecule has 0 aromatic carbocycles. The van der Waals surface area contributed by atoms with Gasteiger partial charge in [0.15, 0.2) is 0 Å². The molecule has 1 aliphatic rings. The lowest BCUT2D eigenvalue weighted by Gasteiger charge is -2.27. The molecule has 2 atom stereocenters. The second kappa shape index (κ2) is 7.27. The largest absolute Gasteiger partial charge is 0.326 e. The van der Waals surface area contributed by atoms with Crippen molar-refractivity contribution < 1.29 is 4.79 Å². The number of nitrogens with one attached hydrogen (secondary N) is 1. The quantitative estimate of drug-likeness (QED) is 0.711. The van der Waals surface area contributed by atoms with E-state index in [4.69, 9.17) is 0 Å². The number of carbonyl (C=O) groups excluding carboxylic acids is 1. The summed E-state index contributed by atoms with van der Waals surface area (Å²) in [6.45, 7) is 7.34. The second-order valence-corrected chi connectivity index (χ2v) is 6.03. The highest BCUT2D eigenvalue weighted by molar-refractivity contribution is 7.98. The summed E-state index contributed by atoms with van der Waals surface area (Å²) in [6.07, 6.45) is 5.58. The lowest BCUT2D eigenvalue weighted by atomic mass is 10.1. The lowest BCUT2D eigenvalue weighted by molar-refractivity contribution is -0.130. The Morgan fingerprint density at radius 1 is 1.41 bits per heavy atom. The van der Waals surface area contributed by atoms with Gasteiger partial charge in [0.1, 0.15) is 0 Å². The zero-order valence-corrected chi connectivity index (χ0v) is 12.3. The standard InChI is InChI=1S/C13H26N2OS/c1-5-11-13(16)15(8-6-7-9-17-4)12(14-11)10(2)3/h10-12,14H,5-9H2,1-4H3. The number of rotatable bonds is 7. The van der Waals surface area contributed by atoms with Crippen molar-refractivity contribution in [3.8, 4) is 0 Å². The summed E-state index contributed by atoms with van der Waals surface area (Å²) in [5, 5.41) is 3.45. The summed E-state index contributed by atoms with van der Waals surface area (Å²) in [5.41, 5.74) is 0. The summed E-state index contributed by atoms with van der Waals surface area (Å²) < 4.78 is 0. The molecule has 17 heavy (non-hydrogen) atoms. The molecule has 1 fully saturated rings. The first-order chi connectivity index (χ1) is 8.11. The molecule has 4 heteroatoms. The van der Waals surface area contributed by atoms with Crippen LogP contribution in [0.5, 0.6) is 0 Å². The average Bonchev–Trinajstić information content (AvgIpc) is 2.62. The Hall–Kier alpha value is -0.220. The molecule has 0 spiro atoms. The van der Waals surface area contributed by atoms with Gasteiger partial charge in [-0.05, 0) is 37.2 Å². The third kappa shape index (κ3) is 3.88. The van der Waals surface area contributed by atoms with Gasteiger partial charge in [-0.1, -0.05) is 20.8 Å². The van der Waals surface area contributed by atoms with E-state index in [1.54, 1.807) is 0 Å². The smallest absolute Gasteiger partial charge is 0.241 e. The number of nitrogens with zero attached hydrogens (tertiary/aromatic N) is 1. The third-order valence-corrected chi connectivity index (χ3v) is 4.02. The Labute approximate surface area is 110 Å². The van der Waals surface area contributed by atoms with E-state index >= 15 is 0 Å². The molecule has 2 unspecified atom stereocenters. The monoisotopic (exact) mass is 258 g/mol. The van der Waals surface area contributed by atoms with Gasteiger partial charge in [0.05, 0.1) is 12.2 Å². The number of hydrogen-bond acceptors (Lipinski definition) is 3. The topological polar surface area (TPSA) is 32.3 Å². The van der Waals surface area contributed by atoms with Gasteiger partial charge in [0, 0.05) is 6.54 Å². The van der Waals surface area contributed by atoms with Crippen LogP contribution in [0.3, 0.4) is 0 Å². The summed E-state index contributed by atoms with van der Waals surface area (Å²) in [4.78, 5) is 14.2. The Balaban J connectivity index is 2.50. The maximum absolute atomic E-state index is 12.2. The zero-order chi connectivity index (χ0) is 12.8. The number of thioether (sulfide) groups is 1. The van der Waals surface area contributed by atoms with Gasteiger partial charge in [0.2, 0.25) is 5.91 Å². The van der Waals surface area contributed by atoms with E-state index in [2.05, 4.69) is 37.2 Å². The maximum atomic E-state index is 12.2. The van der Waals surface area contributed by atoms with Crippen LogP contribution in [0.25, 0.3) is 0 Å². The van der Waals surface area contributed by atoms with E-state index in [1.165, 1.54) is 12.2 Å². The molecule has 0 aliphatic carbocycles. The van der Waals surface area contributed by atoms with Gasteiger partial charge >= 0.3 is 0 Å². The molecule has 0 aromatic rings. The summed E-state index contributed by atoms with van der Waals surface area (Å²) >= 11 is 1.88. The molecule has 1 rings (SSSR count). The van der Waals surface area contributed by atoms with Crippen LogP contribution < -0.4 is 5.32 Å². The van der Waals surface area contributed by atoms with Crippen molar-refractivity contribution in [2.45, 2.75) is 52.2 Å². The van der Waals surface area contributed by atoms with E-state index in [0.717, 1.165) is 19.4 Å². The molecule has 100 valence electrons. The third-order valence-electron chi connectivity index (χ3n) is 3.33. The van der Waals surface area contributed by atoms with Gasteiger partial charge < -0.3 is 4.90 Å². The molecule has 0 bridgehead atoms. The van der Waals surface area contributed by atoms with Crippen LogP contribution in [0.15, 0.2) is 0 Å². The van der Waals surface area contributed by atoms with Crippen molar-refractivity contribution in [2.24, 2.45) is 5.92 Å². The van der Waals surface area contributed by atoms with E-state index in [9.17, 15) is 4.79 Å². The first-order valence-corrected chi connectivity index (χ1v) is 8.06. The number of unbranched alkanes of at least 4 members (excludes halogenated alkanes) is 1. The average molecular weight is 258 g/mol. The van der Waals surface area contributed by atoms with Crippen LogP contribution in [-0.4, -0.2) is 41.6 Å². The van der Waals surface area contributed by atoms with Crippen LogP contribution in [0.2, 0.25) is 0 Å². The molecule has 0 aromatic heterocycles. The maximum Gasteiger partial charge on any atom is 0.241 e. The Morgan fingerprint density at radius 3 is 2.65 bits per heavy atom. The first kappa shape index (κ1) is 14.8. The van der Waals surface area contributed by atoms with Gasteiger partial charge in [-0.15, -0.1) is 0 Å². The highest BCUT2D eigenvalue weighted by Gasteiger charge is 2.38. The van der Waals surface area contributed by atoms with Crippen molar-refractivity contribution in [1.82, 2.24) is 10.2 Å². The fourth-order valence-corrected chi connectivity index (χ4v) is 2.82. The molecule has 1 amide bonds. The predicted octanol–water partition coefficient (Wildman–Crippen LogP) is 2.32. The molecule has 1 N–H and O–H groups in total. The molecular formula is C13H26N2OS. The van der Waals surface area contributed by atoms with E-state index in [0.29, 0.717) is 11.8 Å². The van der Waals surface area contributed by atoms with Crippen molar-refractivity contribution in [3.63, 3.8) is 0 Å². The fourth-order valence-electron chi connectivity index (χ4n) is 2.33. The van der Waals surface area contributed by atoms with Crippen LogP contribution in [-0.2, 0) is 4.79 Å². The minimum atomic E-state index is 0.0444. The van der Waals surface area contributed by atoms with Crippen LogP contribution >= 0.6 is 11.8 Å². The fraction of sp³-hybridized carbons (Fsp3) is 0.923. The summed E-state index contributed by atoms with van der Waals surface area (Å²) in [5.74, 6) is 1.98. The zero-order valence-electron chi connectivity index (χ0n) is 11.5. The lowest BCUT2D eigenvalue weighted by Crippen LogP contribution is -2.42. The summed E-state index contributed by atoms with van der Waals surface area (Å²) in [7, 11) is 0. The molecule has 1 aliphatic heterocycles. The number of amides is 1. The van der Waals surface area contributed by atoms with E-state index in [-0.39, 0.29) is 12.2 Å². The first-order valence-electron chi connectivity index (χ1n) is 6.67. The highest BCUT2D eigenvalue weighted by atomic mass is 32.2. The van der Waals surface area contributed by atoms with Gasteiger partial charge in [-0.25, -0.2) is 0 Å². The van der Waals surface area contributed by atoms with Crippen molar-refractivity contribution in [2.75, 3.05) is 18.6 Å². The van der Waals surface area contributed by atoms with Crippen molar-refractivity contribution in [3.05, 3.63) is 0 Å². The Bertz CT molecular complexity index is 246. The normalized spacial score (nSPS) is 25.0. The highest BCUT2D eigenvalue weighted by Crippen LogP contribution is 2.19. The molecule has 1 saturated heterocycles. The molecule has 1 heterocycles. The van der Waals surface area contributed by atoms with Gasteiger partial charge in [-0.3, -0.25) is 10.1 Å². The van der Waals surface area contributed by atoms with Gasteiger partial charge in [-0.2, -0.15) is 11.8 Å². The van der Waals surface area contributed by atoms with E-state index < -0.39 is 0 Å². The molecular weight excluding hydrogens is 232 g/mol. The molecule has 0 saturated carbocycles. The van der Waals surface area contributed by atoms with Crippen molar-refractivity contribution >= 4 is 17.7 Å². The van der Waals surface area contributed by atoms with Crippen molar-refractivity contribution in [1.29, 1.82) is 0 Å². The van der Waals surface area contributed by atoms with Gasteiger partial charge in [0.25, 0.3) is 0 Å². The van der Waals surface area contributed by atoms with Crippen LogP contribution in [0, 0.1) is 5.92 Å². The molecule has 0 radical (unpaired) electrons. The van der Waals surface area contributed by atoms with E-state index in [1.807, 2.05) is 11.8 Å². The van der Waals surface area contributed by atoms with Crippen LogP contribution in [0.4, 0.5) is 0 Å². The SMILES string of the molecule is CCC1NC(C(C)C)N(CCCCSC)C1=O. The minimum absolute atomic E-state index is 0.0444. The molecule has 3 nitrogen and oxygen atoms in total. The minimum Gasteiger partial charge on any atom is -0.326 e. The number of carbonyl (C=O) groups is 1.